The zero-order valence-corrected chi connectivity index (χ0v) is 14.7. The Hall–Kier alpha value is -3.19. The fourth-order valence-electron chi connectivity index (χ4n) is 2.34. The van der Waals surface area contributed by atoms with Gasteiger partial charge < -0.3 is 19.0 Å². The van der Waals surface area contributed by atoms with Crippen molar-refractivity contribution in [3.05, 3.63) is 38.9 Å². The van der Waals surface area contributed by atoms with Gasteiger partial charge in [-0.25, -0.2) is 4.79 Å². The minimum Gasteiger partial charge on any atom is -0.475 e. The predicted octanol–water partition coefficient (Wildman–Crippen LogP) is 3.74. The van der Waals surface area contributed by atoms with Crippen molar-refractivity contribution in [2.24, 2.45) is 0 Å². The molecule has 0 aliphatic carbocycles. The highest BCUT2D eigenvalue weighted by Crippen LogP contribution is 2.41. The van der Waals surface area contributed by atoms with E-state index in [1.165, 1.54) is 0 Å². The molecule has 0 spiro atoms. The average molecular weight is 448 g/mol. The highest BCUT2D eigenvalue weighted by atomic mass is 19.4. The zero-order chi connectivity index (χ0) is 25.4. The smallest absolute Gasteiger partial charge is 0.475 e. The van der Waals surface area contributed by atoms with Gasteiger partial charge in [0.05, 0.1) is 5.57 Å². The number of alkyl halides is 6. The second-order valence-corrected chi connectivity index (χ2v) is 5.81. The van der Waals surface area contributed by atoms with Gasteiger partial charge in [-0.1, -0.05) is 0 Å². The number of rotatable bonds is 6. The molecule has 0 saturated heterocycles. The highest BCUT2D eigenvalue weighted by molar-refractivity contribution is 5.96. The van der Waals surface area contributed by atoms with E-state index < -0.39 is 77.5 Å². The number of carbonyl (C=O) groups is 1. The third-order valence-electron chi connectivity index (χ3n) is 3.41. The van der Waals surface area contributed by atoms with E-state index in [-0.39, 0.29) is 0 Å². The lowest BCUT2D eigenvalue weighted by Gasteiger charge is -2.29. The van der Waals surface area contributed by atoms with Crippen LogP contribution in [0, 0.1) is 17.0 Å². The maximum absolute atomic E-state index is 13.6. The van der Waals surface area contributed by atoms with Crippen LogP contribution >= 0.6 is 0 Å². The number of hydrogen-bond acceptors (Lipinski definition) is 7. The molecule has 0 fully saturated rings. The molecule has 2 unspecified atom stereocenters. The van der Waals surface area contributed by atoms with Crippen LogP contribution in [0.2, 0.25) is 0 Å². The van der Waals surface area contributed by atoms with Crippen LogP contribution in [0.5, 0.6) is 11.5 Å². The molecule has 1 aromatic carbocycles. The molecule has 2 rings (SSSR count). The first kappa shape index (κ1) is 18.8. The number of hydrogen-bond donors (Lipinski definition) is 0. The lowest BCUT2D eigenvalue weighted by Crippen LogP contribution is -2.41. The van der Waals surface area contributed by atoms with E-state index in [4.69, 9.17) is 8.85 Å². The fourth-order valence-corrected chi connectivity index (χ4v) is 2.34. The molecular weight excluding hydrogens is 432 g/mol. The largest absolute Gasteiger partial charge is 0.573 e. The molecule has 0 bridgehead atoms. The van der Waals surface area contributed by atoms with Crippen LogP contribution < -0.4 is 9.47 Å². The molecule has 0 radical (unpaired) electrons. The van der Waals surface area contributed by atoms with Gasteiger partial charge >= 0.3 is 18.5 Å². The van der Waals surface area contributed by atoms with Gasteiger partial charge in [0.15, 0.2) is 0 Å². The molecule has 1 heterocycles. The van der Waals surface area contributed by atoms with Crippen LogP contribution in [0.3, 0.4) is 0 Å². The third-order valence-corrected chi connectivity index (χ3v) is 3.41. The van der Waals surface area contributed by atoms with Gasteiger partial charge in [0, 0.05) is 9.68 Å². The maximum Gasteiger partial charge on any atom is 0.573 e. The summed E-state index contributed by atoms with van der Waals surface area (Å²) in [5.74, 6) is -3.70. The second-order valence-electron chi connectivity index (χ2n) is 5.81. The Morgan fingerprint density at radius 1 is 1.33 bits per heavy atom. The van der Waals surface area contributed by atoms with Crippen LogP contribution in [-0.4, -0.2) is 42.4 Å². The van der Waals surface area contributed by atoms with Crippen LogP contribution in [0.1, 0.15) is 22.2 Å². The lowest BCUT2D eigenvalue weighted by atomic mass is 9.98. The summed E-state index contributed by atoms with van der Waals surface area (Å²) >= 11 is 0. The van der Waals surface area contributed by atoms with E-state index >= 15 is 0 Å². The lowest BCUT2D eigenvalue weighted by molar-refractivity contribution is -0.759. The number of esters is 1. The van der Waals surface area contributed by atoms with Gasteiger partial charge in [0.2, 0.25) is 6.10 Å². The minimum atomic E-state index is -5.28. The first-order chi connectivity index (χ1) is 14.9. The molecule has 14 heteroatoms. The van der Waals surface area contributed by atoms with Gasteiger partial charge in [-0.3, -0.25) is 0 Å². The van der Waals surface area contributed by atoms with Crippen molar-refractivity contribution in [3.8, 4) is 11.5 Å². The van der Waals surface area contributed by atoms with Crippen molar-refractivity contribution in [1.82, 2.24) is 0 Å². The molecule has 166 valence electrons. The molecule has 1 aliphatic rings. The first-order valence-electron chi connectivity index (χ1n) is 9.26. The normalized spacial score (nSPS) is 19.1. The first-order valence-corrected chi connectivity index (χ1v) is 7.76. The zero-order valence-electron chi connectivity index (χ0n) is 17.7. The number of halogens is 6. The molecular formula is C16H13F6NO7. The van der Waals surface area contributed by atoms with Crippen LogP contribution in [-0.2, 0) is 14.4 Å². The molecule has 1 aromatic rings. The van der Waals surface area contributed by atoms with E-state index in [1.807, 2.05) is 0 Å². The van der Waals surface area contributed by atoms with Gasteiger partial charge in [0.25, 0.3) is 5.09 Å². The summed E-state index contributed by atoms with van der Waals surface area (Å²) in [6.07, 6.45) is -14.6. The second kappa shape index (κ2) is 8.28. The average Bonchev–Trinajstić information content (AvgIpc) is 2.61. The summed E-state index contributed by atoms with van der Waals surface area (Å²) in [4.78, 5) is 26.4. The number of nitrogens with zero attached hydrogens (tertiary/aromatic N) is 1. The molecule has 1 aliphatic heterocycles. The Labute approximate surface area is 168 Å². The Kier molecular flexibility index (Phi) is 5.19. The van der Waals surface area contributed by atoms with Gasteiger partial charge in [-0.2, -0.15) is 13.2 Å². The summed E-state index contributed by atoms with van der Waals surface area (Å²) in [5.41, 5.74) is -2.90. The number of aryl methyl sites for hydroxylation is 1. The Morgan fingerprint density at radius 3 is 2.53 bits per heavy atom. The van der Waals surface area contributed by atoms with E-state index in [1.54, 1.807) is 0 Å². The quantitative estimate of drug-likeness (QED) is 0.283. The van der Waals surface area contributed by atoms with E-state index in [0.717, 1.165) is 6.92 Å². The molecule has 0 amide bonds. The van der Waals surface area contributed by atoms with Gasteiger partial charge in [0.1, 0.15) is 24.2 Å². The summed E-state index contributed by atoms with van der Waals surface area (Å²) in [6, 6.07) is 0.873. The number of fused-ring (bicyclic) bond motifs is 1. The van der Waals surface area contributed by atoms with E-state index in [2.05, 4.69) is 14.3 Å². The summed E-state index contributed by atoms with van der Waals surface area (Å²) in [6.45, 7) is -2.98. The van der Waals surface area contributed by atoms with Crippen molar-refractivity contribution < 1.29 is 59.4 Å². The van der Waals surface area contributed by atoms with Crippen molar-refractivity contribution >= 4 is 12.0 Å². The van der Waals surface area contributed by atoms with Crippen molar-refractivity contribution in [2.45, 2.75) is 38.5 Å². The van der Waals surface area contributed by atoms with Crippen LogP contribution in [0.4, 0.5) is 26.3 Å². The number of carbonyl (C=O) groups excluding carboxylic acids is 1. The summed E-state index contributed by atoms with van der Waals surface area (Å²) in [5, 5.41) is 8.95. The maximum atomic E-state index is 13.6. The molecule has 0 saturated carbocycles. The minimum absolute atomic E-state index is 0.348. The molecule has 2 atom stereocenters. The third kappa shape index (κ3) is 5.90. The molecule has 0 N–H and O–H groups in total. The molecule has 8 nitrogen and oxygen atoms in total. The Bertz CT molecular complexity index is 962. The van der Waals surface area contributed by atoms with E-state index in [9.17, 15) is 41.3 Å². The topological polar surface area (TPSA) is 97.1 Å². The van der Waals surface area contributed by atoms with Crippen molar-refractivity contribution in [1.29, 1.82) is 0 Å². The standard InChI is InChI=1S/C16H13F6NO7/c1-7-3-10(30-16(20,21)22)4-9-5-11(13(15(17,18)19)29-12(7)9)14(24)28-8(2)6-27-23(25)26/h3-5,8,13H,6H2,1-2H3/i1D3. The van der Waals surface area contributed by atoms with Gasteiger partial charge in [-0.15, -0.1) is 23.3 Å². The summed E-state index contributed by atoms with van der Waals surface area (Å²) < 4.78 is 114. The Morgan fingerprint density at radius 2 is 2.00 bits per heavy atom. The van der Waals surface area contributed by atoms with Crippen molar-refractivity contribution in [2.75, 3.05) is 6.61 Å². The predicted molar refractivity (Wildman–Crippen MR) is 84.8 cm³/mol. The van der Waals surface area contributed by atoms with Crippen molar-refractivity contribution in [3.63, 3.8) is 0 Å². The monoisotopic (exact) mass is 448 g/mol. The highest BCUT2D eigenvalue weighted by Gasteiger charge is 2.49. The number of benzene rings is 1. The number of ether oxygens (including phenoxy) is 3. The van der Waals surface area contributed by atoms with Crippen LogP contribution in [0.25, 0.3) is 6.08 Å². The molecule has 0 aromatic heterocycles. The Balaban J connectivity index is 2.56. The van der Waals surface area contributed by atoms with E-state index in [0.29, 0.717) is 18.2 Å². The van der Waals surface area contributed by atoms with Crippen LogP contribution in [0.15, 0.2) is 17.7 Å². The SMILES string of the molecule is [2H]C([2H])([2H])c1cc(OC(F)(F)F)cc2c1OC(C(F)(F)F)C(C(=O)OC(C)CO[N+](=O)[O-])=C2. The summed E-state index contributed by atoms with van der Waals surface area (Å²) in [7, 11) is 0. The van der Waals surface area contributed by atoms with Gasteiger partial charge in [-0.05, 0) is 37.5 Å². The molecule has 30 heavy (non-hydrogen) atoms. The fraction of sp³-hybridized carbons (Fsp3) is 0.438.